The van der Waals surface area contributed by atoms with Gasteiger partial charge >= 0.3 is 5.97 Å². The standard InChI is InChI=1S/C22H26Cl2N4O5/c1-11-17(23)18(24)19(26-11)21(30)28-15-5-4-13(20(29)27-12(2)22(31)32-3)10-16(15)33-14-6-8-25-9-7-14/h4-5,10,12,14,25-26H,6-9H2,1-3H3,(H,27,29)(H,28,30)/t12-/m1/s1. The molecule has 9 nitrogen and oxygen atoms in total. The molecule has 2 heterocycles. The summed E-state index contributed by atoms with van der Waals surface area (Å²) < 4.78 is 10.8. The molecule has 0 saturated carbocycles. The first-order valence-electron chi connectivity index (χ1n) is 10.5. The fourth-order valence-electron chi connectivity index (χ4n) is 3.39. The lowest BCUT2D eigenvalue weighted by molar-refractivity contribution is -0.142. The molecular weight excluding hydrogens is 471 g/mol. The molecule has 1 fully saturated rings. The second-order valence-corrected chi connectivity index (χ2v) is 8.46. The Hall–Kier alpha value is -2.75. The van der Waals surface area contributed by atoms with Gasteiger partial charge in [-0.1, -0.05) is 23.2 Å². The van der Waals surface area contributed by atoms with Crippen molar-refractivity contribution in [2.45, 2.75) is 38.8 Å². The molecule has 2 amide bonds. The first-order valence-corrected chi connectivity index (χ1v) is 11.2. The number of benzene rings is 1. The molecule has 1 aliphatic heterocycles. The Balaban J connectivity index is 1.86. The third kappa shape index (κ3) is 5.98. The lowest BCUT2D eigenvalue weighted by Crippen LogP contribution is -2.39. The number of aryl methyl sites for hydroxylation is 1. The minimum absolute atomic E-state index is 0.0834. The number of piperidine rings is 1. The first kappa shape index (κ1) is 24.9. The topological polar surface area (TPSA) is 122 Å². The molecule has 1 aromatic carbocycles. The van der Waals surface area contributed by atoms with E-state index in [0.717, 1.165) is 25.9 Å². The van der Waals surface area contributed by atoms with Crippen molar-refractivity contribution in [2.75, 3.05) is 25.5 Å². The number of amides is 2. The summed E-state index contributed by atoms with van der Waals surface area (Å²) in [6, 6.07) is 3.81. The van der Waals surface area contributed by atoms with Gasteiger partial charge in [0.05, 0.1) is 22.8 Å². The highest BCUT2D eigenvalue weighted by atomic mass is 35.5. The highest BCUT2D eigenvalue weighted by Gasteiger charge is 2.23. The van der Waals surface area contributed by atoms with Gasteiger partial charge in [-0.15, -0.1) is 0 Å². The van der Waals surface area contributed by atoms with Crippen molar-refractivity contribution in [3.05, 3.63) is 45.2 Å². The third-order valence-corrected chi connectivity index (χ3v) is 6.20. The van der Waals surface area contributed by atoms with Crippen LogP contribution in [0.5, 0.6) is 5.75 Å². The quantitative estimate of drug-likeness (QED) is 0.436. The van der Waals surface area contributed by atoms with E-state index in [4.69, 9.17) is 27.9 Å². The highest BCUT2D eigenvalue weighted by Crippen LogP contribution is 2.32. The van der Waals surface area contributed by atoms with E-state index in [2.05, 4.69) is 25.7 Å². The van der Waals surface area contributed by atoms with Crippen LogP contribution in [0.2, 0.25) is 10.0 Å². The van der Waals surface area contributed by atoms with E-state index in [1.165, 1.54) is 26.2 Å². The number of hydrogen-bond acceptors (Lipinski definition) is 6. The molecule has 3 rings (SSSR count). The van der Waals surface area contributed by atoms with Crippen LogP contribution in [0.1, 0.15) is 46.3 Å². The van der Waals surface area contributed by atoms with E-state index in [9.17, 15) is 14.4 Å². The summed E-state index contributed by atoms with van der Waals surface area (Å²) >= 11 is 12.3. The van der Waals surface area contributed by atoms with Gasteiger partial charge in [-0.25, -0.2) is 4.79 Å². The minimum Gasteiger partial charge on any atom is -0.488 e. The van der Waals surface area contributed by atoms with Crippen molar-refractivity contribution in [3.8, 4) is 5.75 Å². The third-order valence-electron chi connectivity index (χ3n) is 5.26. The Kier molecular flexibility index (Phi) is 8.23. The number of H-pyrrole nitrogens is 1. The molecule has 1 aliphatic rings. The van der Waals surface area contributed by atoms with Crippen molar-refractivity contribution in [3.63, 3.8) is 0 Å². The Labute approximate surface area is 201 Å². The largest absolute Gasteiger partial charge is 0.488 e. The summed E-state index contributed by atoms with van der Waals surface area (Å²) in [5.74, 6) is -1.20. The van der Waals surface area contributed by atoms with Crippen molar-refractivity contribution in [1.29, 1.82) is 0 Å². The SMILES string of the molecule is COC(=O)[C@@H](C)NC(=O)c1ccc(NC(=O)c2[nH]c(C)c(Cl)c2Cl)c(OC2CCNCC2)c1. The minimum atomic E-state index is -0.821. The van der Waals surface area contributed by atoms with Gasteiger partial charge in [0.15, 0.2) is 0 Å². The zero-order valence-electron chi connectivity index (χ0n) is 18.5. The van der Waals surface area contributed by atoms with Crippen LogP contribution in [0.4, 0.5) is 5.69 Å². The molecule has 0 unspecified atom stereocenters. The van der Waals surface area contributed by atoms with Crippen LogP contribution < -0.4 is 20.7 Å². The molecule has 0 aliphatic carbocycles. The number of esters is 1. The van der Waals surface area contributed by atoms with Crippen molar-refractivity contribution < 1.29 is 23.9 Å². The molecule has 1 atom stereocenters. The molecule has 1 saturated heterocycles. The van der Waals surface area contributed by atoms with Crippen LogP contribution in [-0.2, 0) is 9.53 Å². The summed E-state index contributed by atoms with van der Waals surface area (Å²) in [5, 5.41) is 9.01. The number of nitrogens with one attached hydrogen (secondary N) is 4. The first-order chi connectivity index (χ1) is 15.7. The molecule has 0 bridgehead atoms. The Morgan fingerprint density at radius 1 is 1.12 bits per heavy atom. The van der Waals surface area contributed by atoms with Gasteiger partial charge in [-0.2, -0.15) is 0 Å². The summed E-state index contributed by atoms with van der Waals surface area (Å²) in [4.78, 5) is 40.0. The molecule has 11 heteroatoms. The monoisotopic (exact) mass is 496 g/mol. The maximum atomic E-state index is 12.8. The van der Waals surface area contributed by atoms with E-state index in [-0.39, 0.29) is 27.4 Å². The van der Waals surface area contributed by atoms with Gasteiger partial charge in [0.25, 0.3) is 11.8 Å². The second kappa shape index (κ2) is 10.9. The van der Waals surface area contributed by atoms with Crippen LogP contribution in [0.15, 0.2) is 18.2 Å². The number of rotatable bonds is 7. The Bertz CT molecular complexity index is 1050. The van der Waals surface area contributed by atoms with Gasteiger partial charge in [-0.05, 0) is 58.0 Å². The molecule has 1 aromatic heterocycles. The van der Waals surface area contributed by atoms with Gasteiger partial charge in [0.2, 0.25) is 0 Å². The molecule has 0 spiro atoms. The predicted octanol–water partition coefficient (Wildman–Crippen LogP) is 3.30. The Morgan fingerprint density at radius 3 is 2.42 bits per heavy atom. The fourth-order valence-corrected chi connectivity index (χ4v) is 3.80. The molecule has 33 heavy (non-hydrogen) atoms. The van der Waals surface area contributed by atoms with E-state index in [1.807, 2.05) is 0 Å². The van der Waals surface area contributed by atoms with Gasteiger partial charge in [-0.3, -0.25) is 9.59 Å². The molecule has 178 valence electrons. The number of ether oxygens (including phenoxy) is 2. The van der Waals surface area contributed by atoms with Crippen LogP contribution in [0, 0.1) is 6.92 Å². The summed E-state index contributed by atoms with van der Waals surface area (Å²) in [6.45, 7) is 4.84. The maximum absolute atomic E-state index is 12.8. The van der Waals surface area contributed by atoms with Crippen molar-refractivity contribution in [1.82, 2.24) is 15.6 Å². The number of aromatic amines is 1. The molecular formula is C22H26Cl2N4O5. The predicted molar refractivity (Wildman–Crippen MR) is 125 cm³/mol. The molecule has 0 radical (unpaired) electrons. The zero-order chi connectivity index (χ0) is 24.1. The number of aromatic nitrogens is 1. The van der Waals surface area contributed by atoms with E-state index in [1.54, 1.807) is 13.0 Å². The number of halogens is 2. The summed E-state index contributed by atoms with van der Waals surface area (Å²) in [5.41, 5.74) is 1.34. The number of carbonyl (C=O) groups excluding carboxylic acids is 3. The summed E-state index contributed by atoms with van der Waals surface area (Å²) in [7, 11) is 1.25. The smallest absolute Gasteiger partial charge is 0.328 e. The highest BCUT2D eigenvalue weighted by molar-refractivity contribution is 6.44. The second-order valence-electron chi connectivity index (χ2n) is 7.70. The average molecular weight is 497 g/mol. The average Bonchev–Trinajstić information content (AvgIpc) is 3.07. The van der Waals surface area contributed by atoms with Crippen molar-refractivity contribution >= 4 is 46.7 Å². The van der Waals surface area contributed by atoms with Gasteiger partial charge in [0.1, 0.15) is 23.6 Å². The number of methoxy groups -OCH3 is 1. The van der Waals surface area contributed by atoms with Gasteiger partial charge < -0.3 is 30.4 Å². The number of hydrogen-bond donors (Lipinski definition) is 4. The molecule has 2 aromatic rings. The fraction of sp³-hybridized carbons (Fsp3) is 0.409. The van der Waals surface area contributed by atoms with Gasteiger partial charge in [0, 0.05) is 11.3 Å². The van der Waals surface area contributed by atoms with Crippen LogP contribution in [0.25, 0.3) is 0 Å². The lowest BCUT2D eigenvalue weighted by Gasteiger charge is -2.25. The van der Waals surface area contributed by atoms with Crippen LogP contribution in [-0.4, -0.2) is 55.1 Å². The van der Waals surface area contributed by atoms with Crippen LogP contribution in [0.3, 0.4) is 0 Å². The summed E-state index contributed by atoms with van der Waals surface area (Å²) in [6.07, 6.45) is 1.47. The lowest BCUT2D eigenvalue weighted by atomic mass is 10.1. The zero-order valence-corrected chi connectivity index (χ0v) is 20.0. The Morgan fingerprint density at radius 2 is 1.82 bits per heavy atom. The molecule has 4 N–H and O–H groups in total. The number of carbonyl (C=O) groups is 3. The normalized spacial score (nSPS) is 14.9. The maximum Gasteiger partial charge on any atom is 0.328 e. The van der Waals surface area contributed by atoms with E-state index < -0.39 is 23.8 Å². The van der Waals surface area contributed by atoms with E-state index >= 15 is 0 Å². The van der Waals surface area contributed by atoms with E-state index in [0.29, 0.717) is 17.1 Å². The van der Waals surface area contributed by atoms with Crippen molar-refractivity contribution in [2.24, 2.45) is 0 Å². The number of anilines is 1. The van der Waals surface area contributed by atoms with Crippen LogP contribution >= 0.6 is 23.2 Å².